The molecule has 0 aliphatic heterocycles. The average molecular weight is 492 g/mol. The van der Waals surface area contributed by atoms with Crippen molar-refractivity contribution in [3.8, 4) is 0 Å². The number of para-hydroxylation sites is 1. The molecule has 0 fully saturated rings. The number of hydrogen-bond donors (Lipinski definition) is 2. The van der Waals surface area contributed by atoms with Gasteiger partial charge < -0.3 is 19.9 Å². The van der Waals surface area contributed by atoms with Crippen LogP contribution in [0.15, 0.2) is 65.8 Å². The van der Waals surface area contributed by atoms with Crippen molar-refractivity contribution < 1.29 is 4.74 Å². The molecule has 1 aromatic heterocycles. The third kappa shape index (κ3) is 6.24. The van der Waals surface area contributed by atoms with Crippen molar-refractivity contribution in [2.45, 2.75) is 26.1 Å². The van der Waals surface area contributed by atoms with E-state index in [1.54, 1.807) is 14.2 Å². The number of aromatic nitrogens is 1. The minimum absolute atomic E-state index is 0. The molecule has 0 spiro atoms. The van der Waals surface area contributed by atoms with Crippen LogP contribution >= 0.6 is 24.0 Å². The maximum atomic E-state index is 5.14. The van der Waals surface area contributed by atoms with Crippen LogP contribution in [-0.2, 0) is 24.4 Å². The van der Waals surface area contributed by atoms with E-state index in [-0.39, 0.29) is 24.0 Å². The van der Waals surface area contributed by atoms with Crippen molar-refractivity contribution >= 4 is 40.8 Å². The number of fused-ring (bicyclic) bond motifs is 1. The second-order valence-electron chi connectivity index (χ2n) is 6.52. The number of rotatable bonds is 8. The summed E-state index contributed by atoms with van der Waals surface area (Å²) < 4.78 is 7.44. The summed E-state index contributed by atoms with van der Waals surface area (Å²) >= 11 is 0. The average Bonchev–Trinajstić information content (AvgIpc) is 3.12. The monoisotopic (exact) mass is 492 g/mol. The largest absolute Gasteiger partial charge is 0.380 e. The van der Waals surface area contributed by atoms with Crippen LogP contribution < -0.4 is 10.6 Å². The molecule has 28 heavy (non-hydrogen) atoms. The van der Waals surface area contributed by atoms with Gasteiger partial charge in [0.05, 0.1) is 6.61 Å². The highest BCUT2D eigenvalue weighted by molar-refractivity contribution is 14.0. The number of nitrogens with zero attached hydrogens (tertiary/aromatic N) is 2. The van der Waals surface area contributed by atoms with Crippen LogP contribution in [0.2, 0.25) is 0 Å². The van der Waals surface area contributed by atoms with Crippen LogP contribution in [0.1, 0.15) is 17.5 Å². The lowest BCUT2D eigenvalue weighted by Crippen LogP contribution is -2.37. The summed E-state index contributed by atoms with van der Waals surface area (Å²) in [6.07, 6.45) is 3.19. The number of aliphatic imine (C=N–C) groups is 1. The van der Waals surface area contributed by atoms with Gasteiger partial charge in [-0.1, -0.05) is 42.5 Å². The summed E-state index contributed by atoms with van der Waals surface area (Å²) in [4.78, 5) is 4.30. The molecule has 0 aliphatic rings. The van der Waals surface area contributed by atoms with Crippen molar-refractivity contribution in [1.82, 2.24) is 15.2 Å². The van der Waals surface area contributed by atoms with E-state index in [1.807, 2.05) is 0 Å². The summed E-state index contributed by atoms with van der Waals surface area (Å²) in [7, 11) is 3.51. The third-order valence-electron chi connectivity index (χ3n) is 4.57. The summed E-state index contributed by atoms with van der Waals surface area (Å²) in [6.45, 7) is 3.25. The number of ether oxygens (including phenoxy) is 1. The lowest BCUT2D eigenvalue weighted by molar-refractivity contribution is 0.185. The molecule has 0 radical (unpaired) electrons. The third-order valence-corrected chi connectivity index (χ3v) is 4.57. The van der Waals surface area contributed by atoms with Gasteiger partial charge in [0.25, 0.3) is 0 Å². The maximum Gasteiger partial charge on any atom is 0.191 e. The van der Waals surface area contributed by atoms with E-state index in [2.05, 4.69) is 81.0 Å². The Morgan fingerprint density at radius 1 is 1.00 bits per heavy atom. The Bertz CT molecular complexity index is 874. The lowest BCUT2D eigenvalue weighted by Gasteiger charge is -2.13. The Hall–Kier alpha value is -2.06. The van der Waals surface area contributed by atoms with Crippen molar-refractivity contribution in [1.29, 1.82) is 0 Å². The molecule has 3 aromatic rings. The second kappa shape index (κ2) is 11.7. The first-order valence-electron chi connectivity index (χ1n) is 9.35. The van der Waals surface area contributed by atoms with E-state index >= 15 is 0 Å². The van der Waals surface area contributed by atoms with E-state index in [9.17, 15) is 0 Å². The first kappa shape index (κ1) is 22.2. The first-order chi connectivity index (χ1) is 13.3. The van der Waals surface area contributed by atoms with Gasteiger partial charge in [0.2, 0.25) is 0 Å². The van der Waals surface area contributed by atoms with Gasteiger partial charge in [0.15, 0.2) is 5.96 Å². The van der Waals surface area contributed by atoms with Crippen LogP contribution in [-0.4, -0.2) is 31.2 Å². The molecular formula is C22H29IN4O. The molecule has 0 saturated carbocycles. The molecule has 0 amide bonds. The Morgan fingerprint density at radius 2 is 1.75 bits per heavy atom. The molecule has 0 bridgehead atoms. The Morgan fingerprint density at radius 3 is 2.50 bits per heavy atom. The molecule has 6 heteroatoms. The zero-order valence-corrected chi connectivity index (χ0v) is 18.9. The number of guanidine groups is 1. The van der Waals surface area contributed by atoms with E-state index in [4.69, 9.17) is 4.74 Å². The van der Waals surface area contributed by atoms with Gasteiger partial charge in [-0.25, -0.2) is 0 Å². The smallest absolute Gasteiger partial charge is 0.191 e. The second-order valence-corrected chi connectivity index (χ2v) is 6.52. The summed E-state index contributed by atoms with van der Waals surface area (Å²) in [6, 6.07) is 19.1. The molecule has 5 nitrogen and oxygen atoms in total. The number of hydrogen-bond acceptors (Lipinski definition) is 2. The molecule has 0 unspecified atom stereocenters. The van der Waals surface area contributed by atoms with E-state index in [0.29, 0.717) is 6.61 Å². The fraction of sp³-hybridized carbons (Fsp3) is 0.318. The van der Waals surface area contributed by atoms with Gasteiger partial charge in [-0.3, -0.25) is 4.99 Å². The standard InChI is InChI=1S/C22H28N4O.HI/c1-23-22(25-16-18-8-10-19(11-9-18)17-27-2)24-13-5-14-26-15-12-20-6-3-4-7-21(20)26;/h3-4,6-12,15H,5,13-14,16-17H2,1-2H3,(H2,23,24,25);1H. The lowest BCUT2D eigenvalue weighted by atomic mass is 10.1. The molecule has 3 rings (SSSR count). The van der Waals surface area contributed by atoms with Crippen LogP contribution in [0.25, 0.3) is 10.9 Å². The fourth-order valence-corrected chi connectivity index (χ4v) is 3.12. The van der Waals surface area contributed by atoms with Gasteiger partial charge in [-0.15, -0.1) is 24.0 Å². The molecule has 0 aliphatic carbocycles. The zero-order chi connectivity index (χ0) is 18.9. The number of halogens is 1. The summed E-state index contributed by atoms with van der Waals surface area (Å²) in [5.74, 6) is 0.827. The number of aryl methyl sites for hydroxylation is 1. The van der Waals surface area contributed by atoms with Gasteiger partial charge in [-0.2, -0.15) is 0 Å². The van der Waals surface area contributed by atoms with E-state index < -0.39 is 0 Å². The van der Waals surface area contributed by atoms with Crippen LogP contribution in [0.5, 0.6) is 0 Å². The molecule has 0 saturated heterocycles. The van der Waals surface area contributed by atoms with Gasteiger partial charge in [-0.05, 0) is 35.1 Å². The molecule has 0 atom stereocenters. The Kier molecular flexibility index (Phi) is 9.30. The highest BCUT2D eigenvalue weighted by atomic mass is 127. The molecule has 2 aromatic carbocycles. The number of methoxy groups -OCH3 is 1. The molecule has 150 valence electrons. The number of benzene rings is 2. The first-order valence-corrected chi connectivity index (χ1v) is 9.35. The quantitative estimate of drug-likeness (QED) is 0.215. The fourth-order valence-electron chi connectivity index (χ4n) is 3.12. The normalized spacial score (nSPS) is 11.3. The minimum Gasteiger partial charge on any atom is -0.380 e. The Balaban J connectivity index is 0.00000280. The van der Waals surface area contributed by atoms with Crippen molar-refractivity contribution in [2.24, 2.45) is 4.99 Å². The van der Waals surface area contributed by atoms with Crippen molar-refractivity contribution in [3.05, 3.63) is 71.9 Å². The zero-order valence-electron chi connectivity index (χ0n) is 16.5. The van der Waals surface area contributed by atoms with Crippen LogP contribution in [0.3, 0.4) is 0 Å². The molecule has 1 heterocycles. The van der Waals surface area contributed by atoms with Crippen molar-refractivity contribution in [2.75, 3.05) is 20.7 Å². The minimum atomic E-state index is 0. The van der Waals surface area contributed by atoms with Gasteiger partial charge >= 0.3 is 0 Å². The van der Waals surface area contributed by atoms with Crippen molar-refractivity contribution in [3.63, 3.8) is 0 Å². The van der Waals surface area contributed by atoms with E-state index in [0.717, 1.165) is 32.0 Å². The van der Waals surface area contributed by atoms with Crippen LogP contribution in [0, 0.1) is 0 Å². The highest BCUT2D eigenvalue weighted by Gasteiger charge is 2.01. The highest BCUT2D eigenvalue weighted by Crippen LogP contribution is 2.15. The predicted molar refractivity (Wildman–Crippen MR) is 127 cm³/mol. The molecular weight excluding hydrogens is 463 g/mol. The van der Waals surface area contributed by atoms with E-state index in [1.165, 1.54) is 22.0 Å². The summed E-state index contributed by atoms with van der Waals surface area (Å²) in [5, 5.41) is 8.04. The summed E-state index contributed by atoms with van der Waals surface area (Å²) in [5.41, 5.74) is 3.69. The predicted octanol–water partition coefficient (Wildman–Crippen LogP) is 4.16. The van der Waals surface area contributed by atoms with Gasteiger partial charge in [0.1, 0.15) is 0 Å². The number of nitrogens with one attached hydrogen (secondary N) is 2. The SMILES string of the molecule is CN=C(NCCCn1ccc2ccccc21)NCc1ccc(COC)cc1.I. The van der Waals surface area contributed by atoms with Gasteiger partial charge in [0, 0.05) is 45.5 Å². The Labute approximate surface area is 184 Å². The maximum absolute atomic E-state index is 5.14. The van der Waals surface area contributed by atoms with Crippen LogP contribution in [0.4, 0.5) is 0 Å². The topological polar surface area (TPSA) is 50.6 Å². The molecule has 2 N–H and O–H groups in total.